The van der Waals surface area contributed by atoms with Gasteiger partial charge in [0.2, 0.25) is 0 Å². The number of hydrogen-bond acceptors (Lipinski definition) is 3. The van der Waals surface area contributed by atoms with E-state index >= 15 is 0 Å². The number of likely N-dealkylation sites (N-methyl/N-ethyl adjacent to an activating group) is 1. The highest BCUT2D eigenvalue weighted by atomic mass is 19.2. The maximum atomic E-state index is 13.3. The van der Waals surface area contributed by atoms with Gasteiger partial charge in [-0.15, -0.1) is 0 Å². The second-order valence-electron chi connectivity index (χ2n) is 4.52. The van der Waals surface area contributed by atoms with Crippen LogP contribution in [0, 0.1) is 11.6 Å². The van der Waals surface area contributed by atoms with Crippen molar-refractivity contribution in [2.75, 3.05) is 14.2 Å². The lowest BCUT2D eigenvalue weighted by atomic mass is 10.0. The first-order valence-electron chi connectivity index (χ1n) is 6.24. The van der Waals surface area contributed by atoms with Gasteiger partial charge in [0.05, 0.1) is 25.0 Å². The van der Waals surface area contributed by atoms with Gasteiger partial charge in [0.25, 0.3) is 0 Å². The van der Waals surface area contributed by atoms with Gasteiger partial charge in [-0.1, -0.05) is 6.07 Å². The normalized spacial score (nSPS) is 12.4. The molecule has 0 aliphatic carbocycles. The van der Waals surface area contributed by atoms with Gasteiger partial charge in [-0.2, -0.15) is 5.10 Å². The molecule has 2 aromatic rings. The fraction of sp³-hybridized carbons (Fsp3) is 0.357. The smallest absolute Gasteiger partial charge is 0.161 e. The van der Waals surface area contributed by atoms with Gasteiger partial charge in [0.1, 0.15) is 0 Å². The lowest BCUT2D eigenvalue weighted by Crippen LogP contribution is -2.22. The molecule has 1 unspecified atom stereocenters. The van der Waals surface area contributed by atoms with Crippen LogP contribution >= 0.6 is 0 Å². The molecule has 1 N–H and O–H groups in total. The highest BCUT2D eigenvalue weighted by molar-refractivity contribution is 5.30. The number of aryl methyl sites for hydroxylation is 1. The molecule has 0 aliphatic heterocycles. The summed E-state index contributed by atoms with van der Waals surface area (Å²) in [6, 6.07) is 3.81. The Bertz CT molecular complexity index is 598. The lowest BCUT2D eigenvalue weighted by Gasteiger charge is -2.18. The van der Waals surface area contributed by atoms with Gasteiger partial charge in [0, 0.05) is 7.05 Å². The highest BCUT2D eigenvalue weighted by Gasteiger charge is 2.20. The topological polar surface area (TPSA) is 39.1 Å². The first-order chi connectivity index (χ1) is 9.56. The molecule has 1 aromatic heterocycles. The van der Waals surface area contributed by atoms with E-state index in [2.05, 4.69) is 10.4 Å². The number of rotatable bonds is 5. The van der Waals surface area contributed by atoms with Crippen molar-refractivity contribution in [3.05, 3.63) is 47.3 Å². The van der Waals surface area contributed by atoms with Gasteiger partial charge >= 0.3 is 0 Å². The minimum Gasteiger partial charge on any atom is -0.493 e. The largest absolute Gasteiger partial charge is 0.493 e. The first kappa shape index (κ1) is 14.5. The van der Waals surface area contributed by atoms with E-state index < -0.39 is 11.6 Å². The maximum Gasteiger partial charge on any atom is 0.161 e. The molecule has 1 atom stereocenters. The van der Waals surface area contributed by atoms with Crippen LogP contribution in [-0.4, -0.2) is 23.9 Å². The molecule has 0 radical (unpaired) electrons. The molecule has 6 heteroatoms. The van der Waals surface area contributed by atoms with E-state index in [1.807, 2.05) is 7.05 Å². The summed E-state index contributed by atoms with van der Waals surface area (Å²) in [5, 5.41) is 7.29. The zero-order valence-electron chi connectivity index (χ0n) is 11.7. The van der Waals surface area contributed by atoms with Crippen molar-refractivity contribution < 1.29 is 13.5 Å². The maximum absolute atomic E-state index is 13.3. The van der Waals surface area contributed by atoms with Gasteiger partial charge in [-0.3, -0.25) is 4.68 Å². The van der Waals surface area contributed by atoms with Crippen molar-refractivity contribution in [3.8, 4) is 5.75 Å². The van der Waals surface area contributed by atoms with Crippen molar-refractivity contribution in [3.63, 3.8) is 0 Å². The van der Waals surface area contributed by atoms with Crippen LogP contribution in [0.15, 0.2) is 24.4 Å². The third kappa shape index (κ3) is 2.80. The number of methoxy groups -OCH3 is 1. The molecule has 0 fully saturated rings. The molecular formula is C14H17F2N3O. The van der Waals surface area contributed by atoms with Crippen molar-refractivity contribution in [2.24, 2.45) is 7.05 Å². The Hall–Kier alpha value is -1.95. The van der Waals surface area contributed by atoms with E-state index in [4.69, 9.17) is 4.74 Å². The SMILES string of the molecule is CNC(Cc1ccc(F)c(F)c1)c1c(OC)cnn1C. The summed E-state index contributed by atoms with van der Waals surface area (Å²) in [4.78, 5) is 0. The van der Waals surface area contributed by atoms with E-state index in [-0.39, 0.29) is 6.04 Å². The zero-order valence-corrected chi connectivity index (χ0v) is 11.7. The number of ether oxygens (including phenoxy) is 1. The number of benzene rings is 1. The third-order valence-corrected chi connectivity index (χ3v) is 3.27. The molecular weight excluding hydrogens is 264 g/mol. The van der Waals surface area contributed by atoms with E-state index in [0.29, 0.717) is 17.7 Å². The van der Waals surface area contributed by atoms with Gasteiger partial charge in [0.15, 0.2) is 17.4 Å². The number of hydrogen-bond donors (Lipinski definition) is 1. The Morgan fingerprint density at radius 3 is 2.70 bits per heavy atom. The number of nitrogens with one attached hydrogen (secondary N) is 1. The van der Waals surface area contributed by atoms with Crippen molar-refractivity contribution in [2.45, 2.75) is 12.5 Å². The molecule has 0 saturated heterocycles. The molecule has 4 nitrogen and oxygen atoms in total. The number of halogens is 2. The molecule has 0 spiro atoms. The van der Waals surface area contributed by atoms with Crippen LogP contribution in [0.5, 0.6) is 5.75 Å². The predicted octanol–water partition coefficient (Wildman–Crippen LogP) is 2.21. The zero-order chi connectivity index (χ0) is 14.7. The standard InChI is InChI=1S/C14H17F2N3O/c1-17-12(14-13(20-3)8-18-19(14)2)7-9-4-5-10(15)11(16)6-9/h4-6,8,12,17H,7H2,1-3H3. The molecule has 0 bridgehead atoms. The fourth-order valence-electron chi connectivity index (χ4n) is 2.22. The quantitative estimate of drug-likeness (QED) is 0.913. The van der Waals surface area contributed by atoms with Crippen LogP contribution in [0.3, 0.4) is 0 Å². The molecule has 0 amide bonds. The summed E-state index contributed by atoms with van der Waals surface area (Å²) in [6.07, 6.45) is 2.13. The Morgan fingerprint density at radius 1 is 1.35 bits per heavy atom. The van der Waals surface area contributed by atoms with Crippen LogP contribution in [-0.2, 0) is 13.5 Å². The van der Waals surface area contributed by atoms with Crippen LogP contribution in [0.4, 0.5) is 8.78 Å². The second kappa shape index (κ2) is 6.00. The van der Waals surface area contributed by atoms with E-state index in [9.17, 15) is 8.78 Å². The van der Waals surface area contributed by atoms with Gasteiger partial charge < -0.3 is 10.1 Å². The molecule has 1 aromatic carbocycles. The summed E-state index contributed by atoms with van der Waals surface area (Å²) in [5.41, 5.74) is 1.56. The first-order valence-corrected chi connectivity index (χ1v) is 6.24. The Labute approximate surface area is 116 Å². The molecule has 108 valence electrons. The lowest BCUT2D eigenvalue weighted by molar-refractivity contribution is 0.396. The van der Waals surface area contributed by atoms with Crippen LogP contribution in [0.1, 0.15) is 17.3 Å². The number of nitrogens with zero attached hydrogens (tertiary/aromatic N) is 2. The molecule has 0 saturated carbocycles. The van der Waals surface area contributed by atoms with Crippen molar-refractivity contribution in [1.29, 1.82) is 0 Å². The summed E-state index contributed by atoms with van der Waals surface area (Å²) in [7, 11) is 5.19. The minimum atomic E-state index is -0.840. The average molecular weight is 281 g/mol. The molecule has 2 rings (SSSR count). The summed E-state index contributed by atoms with van der Waals surface area (Å²) in [6.45, 7) is 0. The summed E-state index contributed by atoms with van der Waals surface area (Å²) >= 11 is 0. The predicted molar refractivity (Wildman–Crippen MR) is 71.6 cm³/mol. The highest BCUT2D eigenvalue weighted by Crippen LogP contribution is 2.27. The van der Waals surface area contributed by atoms with Crippen LogP contribution < -0.4 is 10.1 Å². The Morgan fingerprint density at radius 2 is 2.10 bits per heavy atom. The van der Waals surface area contributed by atoms with Crippen molar-refractivity contribution in [1.82, 2.24) is 15.1 Å². The molecule has 20 heavy (non-hydrogen) atoms. The Balaban J connectivity index is 2.28. The third-order valence-electron chi connectivity index (χ3n) is 3.27. The van der Waals surface area contributed by atoms with Crippen LogP contribution in [0.2, 0.25) is 0 Å². The fourth-order valence-corrected chi connectivity index (χ4v) is 2.22. The van der Waals surface area contributed by atoms with E-state index in [1.165, 1.54) is 6.07 Å². The average Bonchev–Trinajstić information content (AvgIpc) is 2.81. The summed E-state index contributed by atoms with van der Waals surface area (Å²) < 4.78 is 33.2. The van der Waals surface area contributed by atoms with Crippen molar-refractivity contribution >= 4 is 0 Å². The molecule has 0 aliphatic rings. The molecule has 1 heterocycles. The minimum absolute atomic E-state index is 0.109. The Kier molecular flexibility index (Phi) is 4.34. The van der Waals surface area contributed by atoms with Gasteiger partial charge in [-0.05, 0) is 31.2 Å². The van der Waals surface area contributed by atoms with Crippen LogP contribution in [0.25, 0.3) is 0 Å². The van der Waals surface area contributed by atoms with Gasteiger partial charge in [-0.25, -0.2) is 8.78 Å². The number of aromatic nitrogens is 2. The second-order valence-corrected chi connectivity index (χ2v) is 4.52. The summed E-state index contributed by atoms with van der Waals surface area (Å²) in [5.74, 6) is -1.02. The van der Waals surface area contributed by atoms with E-state index in [1.54, 1.807) is 31.1 Å². The van der Waals surface area contributed by atoms with E-state index in [0.717, 1.165) is 11.8 Å². The monoisotopic (exact) mass is 281 g/mol.